The minimum absolute atomic E-state index is 0.0759. The van der Waals surface area contributed by atoms with Crippen LogP contribution >= 0.6 is 0 Å². The van der Waals surface area contributed by atoms with Gasteiger partial charge in [-0.25, -0.2) is 4.39 Å². The van der Waals surface area contributed by atoms with Gasteiger partial charge in [-0.15, -0.1) is 0 Å². The lowest BCUT2D eigenvalue weighted by Crippen LogP contribution is -2.46. The monoisotopic (exact) mass is 371 g/mol. The molecule has 1 heterocycles. The Labute approximate surface area is 157 Å². The fourth-order valence-electron chi connectivity index (χ4n) is 3.04. The zero-order valence-electron chi connectivity index (χ0n) is 14.9. The highest BCUT2D eigenvalue weighted by Gasteiger charge is 2.22. The normalized spacial score (nSPS) is 14.0. The van der Waals surface area contributed by atoms with Crippen LogP contribution in [0.15, 0.2) is 42.5 Å². The Balaban J connectivity index is 1.68. The van der Waals surface area contributed by atoms with Crippen molar-refractivity contribution in [3.05, 3.63) is 65.0 Å². The third kappa shape index (κ3) is 4.43. The number of nitrogens with one attached hydrogen (secondary N) is 1. The van der Waals surface area contributed by atoms with Crippen LogP contribution in [-0.4, -0.2) is 49.5 Å². The van der Waals surface area contributed by atoms with E-state index in [1.165, 1.54) is 6.07 Å². The van der Waals surface area contributed by atoms with Gasteiger partial charge in [0, 0.05) is 32.6 Å². The van der Waals surface area contributed by atoms with Crippen molar-refractivity contribution in [2.24, 2.45) is 5.73 Å². The molecule has 27 heavy (non-hydrogen) atoms. The van der Waals surface area contributed by atoms with E-state index in [4.69, 9.17) is 10.5 Å². The quantitative estimate of drug-likeness (QED) is 0.808. The molecule has 0 unspecified atom stereocenters. The lowest BCUT2D eigenvalue weighted by Gasteiger charge is -2.27. The maximum atomic E-state index is 14.8. The van der Waals surface area contributed by atoms with Gasteiger partial charge in [0.15, 0.2) is 0 Å². The van der Waals surface area contributed by atoms with Gasteiger partial charge in [-0.1, -0.05) is 24.3 Å². The van der Waals surface area contributed by atoms with Gasteiger partial charge in [-0.2, -0.15) is 0 Å². The summed E-state index contributed by atoms with van der Waals surface area (Å²) >= 11 is 0. The van der Waals surface area contributed by atoms with Crippen molar-refractivity contribution in [1.29, 1.82) is 0 Å². The molecular formula is C20H22FN3O3. The van der Waals surface area contributed by atoms with Gasteiger partial charge in [0.2, 0.25) is 0 Å². The van der Waals surface area contributed by atoms with Crippen molar-refractivity contribution >= 4 is 11.8 Å². The second-order valence-electron chi connectivity index (χ2n) is 6.28. The Morgan fingerprint density at radius 3 is 2.52 bits per heavy atom. The number of rotatable bonds is 6. The molecule has 0 bridgehead atoms. The number of nitrogens with two attached hydrogens (primary N) is 1. The van der Waals surface area contributed by atoms with Crippen molar-refractivity contribution in [3.63, 3.8) is 0 Å². The highest BCUT2D eigenvalue weighted by molar-refractivity contribution is 5.95. The van der Waals surface area contributed by atoms with Crippen LogP contribution < -0.4 is 15.8 Å². The first-order valence-corrected chi connectivity index (χ1v) is 8.87. The summed E-state index contributed by atoms with van der Waals surface area (Å²) in [5, 5.41) is 3.17. The summed E-state index contributed by atoms with van der Waals surface area (Å²) in [6.45, 7) is 2.71. The Kier molecular flexibility index (Phi) is 6.03. The lowest BCUT2D eigenvalue weighted by molar-refractivity contribution is 0.0730. The van der Waals surface area contributed by atoms with Crippen LogP contribution in [-0.2, 0) is 6.42 Å². The number of hydrogen-bond donors (Lipinski definition) is 2. The highest BCUT2D eigenvalue weighted by Crippen LogP contribution is 2.19. The van der Waals surface area contributed by atoms with Crippen molar-refractivity contribution in [2.75, 3.05) is 32.8 Å². The fourth-order valence-corrected chi connectivity index (χ4v) is 3.04. The predicted molar refractivity (Wildman–Crippen MR) is 99.3 cm³/mol. The van der Waals surface area contributed by atoms with E-state index in [1.807, 2.05) is 0 Å². The van der Waals surface area contributed by atoms with E-state index < -0.39 is 11.7 Å². The maximum Gasteiger partial charge on any atom is 0.256 e. The highest BCUT2D eigenvalue weighted by atomic mass is 19.1. The van der Waals surface area contributed by atoms with Crippen molar-refractivity contribution in [1.82, 2.24) is 10.2 Å². The number of para-hydroxylation sites is 1. The second kappa shape index (κ2) is 8.64. The number of ether oxygens (including phenoxy) is 1. The zero-order chi connectivity index (χ0) is 19.2. The Morgan fingerprint density at radius 1 is 1.07 bits per heavy atom. The molecule has 1 aliphatic rings. The topological polar surface area (TPSA) is 84.7 Å². The zero-order valence-corrected chi connectivity index (χ0v) is 14.9. The van der Waals surface area contributed by atoms with Crippen molar-refractivity contribution < 1.29 is 18.7 Å². The van der Waals surface area contributed by atoms with E-state index in [1.54, 1.807) is 41.3 Å². The van der Waals surface area contributed by atoms with E-state index in [0.717, 1.165) is 0 Å². The Bertz CT molecular complexity index is 835. The number of halogens is 1. The summed E-state index contributed by atoms with van der Waals surface area (Å²) in [6, 6.07) is 11.4. The van der Waals surface area contributed by atoms with E-state index >= 15 is 0 Å². The summed E-state index contributed by atoms with van der Waals surface area (Å²) in [6.07, 6.45) is 0.265. The first-order valence-electron chi connectivity index (χ1n) is 8.87. The van der Waals surface area contributed by atoms with Crippen LogP contribution in [0.5, 0.6) is 5.75 Å². The molecule has 7 heteroatoms. The molecule has 0 aromatic heterocycles. The average Bonchev–Trinajstić information content (AvgIpc) is 2.69. The molecule has 2 amide bonds. The lowest BCUT2D eigenvalue weighted by atomic mass is 10.1. The minimum Gasteiger partial charge on any atom is -0.492 e. The van der Waals surface area contributed by atoms with Crippen LogP contribution in [0.3, 0.4) is 0 Å². The van der Waals surface area contributed by atoms with Crippen LogP contribution in [0, 0.1) is 5.82 Å². The van der Waals surface area contributed by atoms with E-state index in [-0.39, 0.29) is 30.1 Å². The van der Waals surface area contributed by atoms with Gasteiger partial charge in [0.1, 0.15) is 11.6 Å². The number of carbonyl (C=O) groups excluding carboxylic acids is 2. The van der Waals surface area contributed by atoms with Gasteiger partial charge in [-0.05, 0) is 23.8 Å². The molecule has 0 spiro atoms. The van der Waals surface area contributed by atoms with Crippen molar-refractivity contribution in [2.45, 2.75) is 6.42 Å². The van der Waals surface area contributed by atoms with Gasteiger partial charge in [0.25, 0.3) is 11.8 Å². The number of benzene rings is 2. The largest absolute Gasteiger partial charge is 0.492 e. The number of carbonyl (C=O) groups is 2. The molecule has 142 valence electrons. The average molecular weight is 371 g/mol. The maximum absolute atomic E-state index is 14.8. The third-order valence-electron chi connectivity index (χ3n) is 4.49. The molecule has 1 fully saturated rings. The smallest absolute Gasteiger partial charge is 0.256 e. The molecule has 1 saturated heterocycles. The molecule has 6 nitrogen and oxygen atoms in total. The molecule has 0 saturated carbocycles. The molecule has 0 atom stereocenters. The molecule has 3 rings (SSSR count). The molecular weight excluding hydrogens is 349 g/mol. The molecule has 0 aliphatic carbocycles. The van der Waals surface area contributed by atoms with Crippen LogP contribution in [0.1, 0.15) is 26.3 Å². The number of hydrogen-bond acceptors (Lipinski definition) is 4. The summed E-state index contributed by atoms with van der Waals surface area (Å²) in [4.78, 5) is 25.6. The van der Waals surface area contributed by atoms with Gasteiger partial charge >= 0.3 is 0 Å². The standard InChI is InChI=1S/C20H22FN3O3/c21-18-14(8-13-27-17-7-2-1-5-15(17)19(22)25)4-3-6-16(18)20(26)24-11-9-23-10-12-24/h1-7,23H,8-13H2,(H2,22,25). The van der Waals surface area contributed by atoms with Gasteiger partial charge in [0.05, 0.1) is 17.7 Å². The second-order valence-corrected chi connectivity index (χ2v) is 6.28. The van der Waals surface area contributed by atoms with Crippen LogP contribution in [0.2, 0.25) is 0 Å². The SMILES string of the molecule is NC(=O)c1ccccc1OCCc1cccc(C(=O)N2CCNCC2)c1F. The number of primary amides is 1. The summed E-state index contributed by atoms with van der Waals surface area (Å²) < 4.78 is 20.4. The molecule has 1 aliphatic heterocycles. The van der Waals surface area contributed by atoms with Gasteiger partial charge < -0.3 is 20.7 Å². The van der Waals surface area contributed by atoms with Crippen LogP contribution in [0.4, 0.5) is 4.39 Å². The molecule has 2 aromatic carbocycles. The summed E-state index contributed by atoms with van der Waals surface area (Å²) in [7, 11) is 0. The predicted octanol–water partition coefficient (Wildman–Crippen LogP) is 1.59. The molecule has 2 aromatic rings. The number of nitrogens with zero attached hydrogens (tertiary/aromatic N) is 1. The minimum atomic E-state index is -0.583. The first-order chi connectivity index (χ1) is 13.1. The Hall–Kier alpha value is -2.93. The fraction of sp³-hybridized carbons (Fsp3) is 0.300. The molecule has 3 N–H and O–H groups in total. The summed E-state index contributed by atoms with van der Waals surface area (Å²) in [5.74, 6) is -1.04. The molecule has 0 radical (unpaired) electrons. The van der Waals surface area contributed by atoms with Gasteiger partial charge in [-0.3, -0.25) is 9.59 Å². The summed E-state index contributed by atoms with van der Waals surface area (Å²) in [5.41, 5.74) is 6.07. The Morgan fingerprint density at radius 2 is 1.78 bits per heavy atom. The van der Waals surface area contributed by atoms with Crippen LogP contribution in [0.25, 0.3) is 0 Å². The third-order valence-corrected chi connectivity index (χ3v) is 4.49. The van der Waals surface area contributed by atoms with E-state index in [0.29, 0.717) is 37.5 Å². The van der Waals surface area contributed by atoms with Crippen molar-refractivity contribution in [3.8, 4) is 5.75 Å². The van der Waals surface area contributed by atoms with E-state index in [9.17, 15) is 14.0 Å². The van der Waals surface area contributed by atoms with E-state index in [2.05, 4.69) is 5.32 Å². The number of amides is 2. The first kappa shape index (κ1) is 18.8. The number of piperazine rings is 1.